The fraction of sp³-hybridized carbons (Fsp3) is 0.636. The molecule has 0 bridgehead atoms. The summed E-state index contributed by atoms with van der Waals surface area (Å²) < 4.78 is 28.0. The predicted octanol–water partition coefficient (Wildman–Crippen LogP) is 4.80. The van der Waals surface area contributed by atoms with E-state index in [0.29, 0.717) is 22.8 Å². The molecule has 29 heavy (non-hydrogen) atoms. The van der Waals surface area contributed by atoms with Gasteiger partial charge in [0.1, 0.15) is 5.65 Å². The number of nitrogens with one attached hydrogen (secondary N) is 1. The zero-order chi connectivity index (χ0) is 20.8. The number of carboxylic acid groups (broad SMARTS) is 1. The molecule has 1 atom stereocenters. The monoisotopic (exact) mass is 405 g/mol. The maximum atomic E-state index is 13.0. The van der Waals surface area contributed by atoms with Gasteiger partial charge in [-0.2, -0.15) is 0 Å². The molecule has 2 heterocycles. The molecule has 4 rings (SSSR count). The van der Waals surface area contributed by atoms with E-state index in [0.717, 1.165) is 43.6 Å². The number of alkyl halides is 2. The molecule has 0 radical (unpaired) electrons. The largest absolute Gasteiger partial charge is 0.478 e. The lowest BCUT2D eigenvalue weighted by atomic mass is 9.78. The van der Waals surface area contributed by atoms with Crippen LogP contribution < -0.4 is 5.32 Å². The summed E-state index contributed by atoms with van der Waals surface area (Å²) in [6.45, 7) is 4.84. The van der Waals surface area contributed by atoms with E-state index in [1.54, 1.807) is 12.3 Å². The number of carbonyl (C=O) groups is 1. The molecular formula is C22H29F2N3O2. The zero-order valence-electron chi connectivity index (χ0n) is 17.0. The second kappa shape index (κ2) is 7.67. The summed E-state index contributed by atoms with van der Waals surface area (Å²) in [6, 6.07) is 3.74. The van der Waals surface area contributed by atoms with E-state index in [2.05, 4.69) is 21.8 Å². The minimum atomic E-state index is -2.47. The first-order chi connectivity index (χ1) is 13.8. The molecule has 2 aromatic heterocycles. The third-order valence-electron chi connectivity index (χ3n) is 6.99. The first-order valence-corrected chi connectivity index (χ1v) is 10.6. The minimum absolute atomic E-state index is 0.0295. The van der Waals surface area contributed by atoms with Crippen molar-refractivity contribution in [3.05, 3.63) is 29.6 Å². The van der Waals surface area contributed by atoms with Crippen LogP contribution in [0.4, 0.5) is 8.78 Å². The molecule has 2 N–H and O–H groups in total. The molecule has 158 valence electrons. The predicted molar refractivity (Wildman–Crippen MR) is 108 cm³/mol. The fourth-order valence-corrected chi connectivity index (χ4v) is 5.25. The Kier molecular flexibility index (Phi) is 5.36. The zero-order valence-corrected chi connectivity index (χ0v) is 17.0. The van der Waals surface area contributed by atoms with Crippen LogP contribution in [0, 0.1) is 18.8 Å². The summed E-state index contributed by atoms with van der Waals surface area (Å²) in [4.78, 5) is 16.3. The molecule has 0 saturated heterocycles. The Morgan fingerprint density at radius 2 is 2.03 bits per heavy atom. The molecule has 0 aromatic carbocycles. The van der Waals surface area contributed by atoms with Gasteiger partial charge in [-0.25, -0.2) is 18.6 Å². The van der Waals surface area contributed by atoms with Crippen LogP contribution >= 0.6 is 0 Å². The van der Waals surface area contributed by atoms with Crippen LogP contribution in [-0.4, -0.2) is 39.1 Å². The molecule has 2 aliphatic rings. The van der Waals surface area contributed by atoms with Crippen LogP contribution in [0.3, 0.4) is 0 Å². The maximum Gasteiger partial charge on any atom is 0.338 e. The lowest BCUT2D eigenvalue weighted by molar-refractivity contribution is -0.0934. The van der Waals surface area contributed by atoms with Gasteiger partial charge in [0, 0.05) is 42.2 Å². The number of halogens is 2. The second-order valence-corrected chi connectivity index (χ2v) is 8.90. The number of carboxylic acids is 1. The van der Waals surface area contributed by atoms with Crippen LogP contribution in [0.25, 0.3) is 11.0 Å². The number of aromatic carboxylic acids is 1. The molecule has 2 fully saturated rings. The van der Waals surface area contributed by atoms with Gasteiger partial charge in [-0.3, -0.25) is 0 Å². The van der Waals surface area contributed by atoms with E-state index in [4.69, 9.17) is 0 Å². The fourth-order valence-electron chi connectivity index (χ4n) is 5.25. The van der Waals surface area contributed by atoms with Crippen molar-refractivity contribution in [1.29, 1.82) is 0 Å². The van der Waals surface area contributed by atoms with Crippen LogP contribution in [-0.2, 0) is 0 Å². The number of rotatable bonds is 6. The maximum absolute atomic E-state index is 13.0. The highest BCUT2D eigenvalue weighted by Crippen LogP contribution is 2.40. The van der Waals surface area contributed by atoms with Crippen LogP contribution in [0.2, 0.25) is 0 Å². The first kappa shape index (κ1) is 20.3. The van der Waals surface area contributed by atoms with Gasteiger partial charge in [-0.1, -0.05) is 0 Å². The first-order valence-electron chi connectivity index (χ1n) is 10.6. The summed E-state index contributed by atoms with van der Waals surface area (Å²) in [7, 11) is 0. The molecule has 1 unspecified atom stereocenters. The third-order valence-corrected chi connectivity index (χ3v) is 6.99. The van der Waals surface area contributed by atoms with Gasteiger partial charge in [0.05, 0.1) is 5.56 Å². The van der Waals surface area contributed by atoms with Crippen molar-refractivity contribution in [3.63, 3.8) is 0 Å². The number of hydrogen-bond acceptors (Lipinski definition) is 3. The van der Waals surface area contributed by atoms with Gasteiger partial charge in [0.15, 0.2) is 0 Å². The SMILES string of the molecule is Cc1c(C(=O)O)c2cccnc2n1C(C)C1CCC(CNC2CC(F)(F)C2)CC1. The average Bonchev–Trinajstić information content (AvgIpc) is 2.96. The molecule has 2 saturated carbocycles. The summed E-state index contributed by atoms with van der Waals surface area (Å²) in [5.74, 6) is -2.40. The van der Waals surface area contributed by atoms with E-state index in [1.807, 2.05) is 13.0 Å². The second-order valence-electron chi connectivity index (χ2n) is 8.90. The number of fused-ring (bicyclic) bond motifs is 1. The van der Waals surface area contributed by atoms with Gasteiger partial charge in [0.2, 0.25) is 0 Å². The Hall–Kier alpha value is -2.02. The van der Waals surface area contributed by atoms with Gasteiger partial charge in [-0.05, 0) is 70.0 Å². The molecule has 5 nitrogen and oxygen atoms in total. The lowest BCUT2D eigenvalue weighted by Crippen LogP contribution is -2.49. The molecule has 0 spiro atoms. The number of aromatic nitrogens is 2. The van der Waals surface area contributed by atoms with Crippen molar-refractivity contribution < 1.29 is 18.7 Å². The number of nitrogens with zero attached hydrogens (tertiary/aromatic N) is 2. The Labute approximate surface area is 169 Å². The smallest absolute Gasteiger partial charge is 0.338 e. The Morgan fingerprint density at radius 3 is 2.66 bits per heavy atom. The molecular weight excluding hydrogens is 376 g/mol. The molecule has 2 aliphatic carbocycles. The van der Waals surface area contributed by atoms with Gasteiger partial charge in [0.25, 0.3) is 5.92 Å². The quantitative estimate of drug-likeness (QED) is 0.725. The normalized spacial score (nSPS) is 25.7. The Bertz CT molecular complexity index is 895. The number of hydrogen-bond donors (Lipinski definition) is 2. The highest BCUT2D eigenvalue weighted by atomic mass is 19.3. The third kappa shape index (κ3) is 3.89. The van der Waals surface area contributed by atoms with Crippen LogP contribution in [0.1, 0.15) is 67.5 Å². The van der Waals surface area contributed by atoms with Crippen molar-refractivity contribution in [2.45, 2.75) is 70.4 Å². The summed E-state index contributed by atoms with van der Waals surface area (Å²) >= 11 is 0. The van der Waals surface area contributed by atoms with Gasteiger partial charge in [-0.15, -0.1) is 0 Å². The topological polar surface area (TPSA) is 67.1 Å². The summed E-state index contributed by atoms with van der Waals surface area (Å²) in [6.07, 6.45) is 5.91. The standard InChI is InChI=1S/C22H29F2N3O2/c1-13(27-14(2)19(21(28)29)18-4-3-9-25-20(18)27)16-7-5-15(6-8-16)12-26-17-10-22(23,24)11-17/h3-4,9,13,15-17,26H,5-8,10-12H2,1-2H3,(H,28,29). The Balaban J connectivity index is 1.41. The Morgan fingerprint density at radius 1 is 1.34 bits per heavy atom. The van der Waals surface area contributed by atoms with Crippen LogP contribution in [0.5, 0.6) is 0 Å². The molecule has 2 aromatic rings. The molecule has 0 aliphatic heterocycles. The van der Waals surface area contributed by atoms with Crippen molar-refractivity contribution >= 4 is 17.0 Å². The average molecular weight is 405 g/mol. The van der Waals surface area contributed by atoms with E-state index < -0.39 is 11.9 Å². The van der Waals surface area contributed by atoms with Crippen LogP contribution in [0.15, 0.2) is 18.3 Å². The van der Waals surface area contributed by atoms with Crippen molar-refractivity contribution in [2.24, 2.45) is 11.8 Å². The minimum Gasteiger partial charge on any atom is -0.478 e. The highest BCUT2D eigenvalue weighted by Gasteiger charge is 2.45. The van der Waals surface area contributed by atoms with Gasteiger partial charge < -0.3 is 15.0 Å². The van der Waals surface area contributed by atoms with Crippen molar-refractivity contribution in [1.82, 2.24) is 14.9 Å². The van der Waals surface area contributed by atoms with E-state index >= 15 is 0 Å². The van der Waals surface area contributed by atoms with Crippen molar-refractivity contribution in [3.8, 4) is 0 Å². The van der Waals surface area contributed by atoms with Crippen molar-refractivity contribution in [2.75, 3.05) is 6.54 Å². The van der Waals surface area contributed by atoms with E-state index in [1.165, 1.54) is 0 Å². The lowest BCUT2D eigenvalue weighted by Gasteiger charge is -2.38. The molecule has 0 amide bonds. The van der Waals surface area contributed by atoms with E-state index in [9.17, 15) is 18.7 Å². The molecule has 7 heteroatoms. The number of pyridine rings is 1. The summed E-state index contributed by atoms with van der Waals surface area (Å²) in [5, 5.41) is 13.7. The summed E-state index contributed by atoms with van der Waals surface area (Å²) in [5.41, 5.74) is 1.84. The van der Waals surface area contributed by atoms with E-state index in [-0.39, 0.29) is 24.9 Å². The highest BCUT2D eigenvalue weighted by molar-refractivity contribution is 6.04. The van der Waals surface area contributed by atoms with Gasteiger partial charge >= 0.3 is 5.97 Å².